The largest absolute Gasteiger partial charge is 0.462 e. The van der Waals surface area contributed by atoms with Crippen molar-refractivity contribution in [2.24, 2.45) is 0 Å². The van der Waals surface area contributed by atoms with Gasteiger partial charge in [0, 0.05) is 19.4 Å². The van der Waals surface area contributed by atoms with Crippen LogP contribution in [0.1, 0.15) is 239 Å². The zero-order valence-electron chi connectivity index (χ0n) is 43.2. The average Bonchev–Trinajstić information content (AvgIpc) is 3.32. The maximum absolute atomic E-state index is 12.8. The molecule has 0 N–H and O–H groups in total. The van der Waals surface area contributed by atoms with Crippen LogP contribution >= 0.6 is 0 Å². The van der Waals surface area contributed by atoms with E-state index in [-0.39, 0.29) is 31.6 Å². The number of rotatable bonds is 49. The lowest BCUT2D eigenvalue weighted by Crippen LogP contribution is -2.30. The van der Waals surface area contributed by atoms with Crippen LogP contribution in [-0.2, 0) is 23.8 Å². The van der Waals surface area contributed by atoms with Gasteiger partial charge in [0.05, 0.1) is 6.61 Å². The number of carbonyl (C=O) groups excluding carboxylic acids is 2. The second kappa shape index (κ2) is 55.9. The summed E-state index contributed by atoms with van der Waals surface area (Å²) < 4.78 is 17.3. The molecule has 0 spiro atoms. The molecule has 1 unspecified atom stereocenters. The quantitative estimate of drug-likeness (QED) is 0.0346. The molecule has 0 aromatic carbocycles. The van der Waals surface area contributed by atoms with Crippen molar-refractivity contribution in [1.82, 2.24) is 0 Å². The Morgan fingerprint density at radius 1 is 0.348 bits per heavy atom. The van der Waals surface area contributed by atoms with Crippen molar-refractivity contribution in [3.05, 3.63) is 109 Å². The minimum absolute atomic E-state index is 0.0354. The minimum atomic E-state index is -0.593. The standard InChI is InChI=1S/C61H102O5/c1-4-7-10-13-16-19-22-25-27-29-31-32-34-37-39-42-45-48-51-54-60(62)65-58-59(66-61(63)55-52-49-46-43-40-36-24-21-18-15-12-9-6-3)57-64-56-53-50-47-44-41-38-35-33-30-28-26-23-20-17-14-11-8-5-2/h7,9-10,12,16,18-19,21,25,27,31-32,36-37,39-40,46,49,59H,4-6,8,11,13-15,17,20,22-24,26,28-30,33-35,38,41-45,47-48,50-58H2,1-3H3/b10-7-,12-9-,19-16-,21-18-,27-25-,32-31-,39-37-,40-36-,49-46-. The lowest BCUT2D eigenvalue weighted by Gasteiger charge is -2.18. The summed E-state index contributed by atoms with van der Waals surface area (Å²) in [5, 5.41) is 0. The molecular weight excluding hydrogens is 813 g/mol. The highest BCUT2D eigenvalue weighted by Crippen LogP contribution is 2.15. The van der Waals surface area contributed by atoms with E-state index in [1.807, 2.05) is 6.08 Å². The Morgan fingerprint density at radius 2 is 0.712 bits per heavy atom. The van der Waals surface area contributed by atoms with Gasteiger partial charge in [0.25, 0.3) is 0 Å². The Balaban J connectivity index is 4.38. The fourth-order valence-electron chi connectivity index (χ4n) is 7.32. The van der Waals surface area contributed by atoms with E-state index < -0.39 is 6.10 Å². The third-order valence-electron chi connectivity index (χ3n) is 11.3. The van der Waals surface area contributed by atoms with Crippen molar-refractivity contribution in [3.8, 4) is 0 Å². The van der Waals surface area contributed by atoms with Crippen LogP contribution < -0.4 is 0 Å². The Morgan fingerprint density at radius 3 is 1.14 bits per heavy atom. The van der Waals surface area contributed by atoms with Crippen molar-refractivity contribution in [1.29, 1.82) is 0 Å². The first-order valence-corrected chi connectivity index (χ1v) is 27.4. The Hall–Kier alpha value is -3.44. The molecule has 5 nitrogen and oxygen atoms in total. The molecule has 0 aliphatic heterocycles. The van der Waals surface area contributed by atoms with Crippen LogP contribution in [0.4, 0.5) is 0 Å². The first-order valence-electron chi connectivity index (χ1n) is 27.4. The molecule has 1 atom stereocenters. The lowest BCUT2D eigenvalue weighted by molar-refractivity contribution is -0.162. The second-order valence-corrected chi connectivity index (χ2v) is 17.7. The lowest BCUT2D eigenvalue weighted by atomic mass is 10.0. The third-order valence-corrected chi connectivity index (χ3v) is 11.3. The van der Waals surface area contributed by atoms with Gasteiger partial charge in [-0.3, -0.25) is 9.59 Å². The second-order valence-electron chi connectivity index (χ2n) is 17.7. The highest BCUT2D eigenvalue weighted by molar-refractivity contribution is 5.70. The number of carbonyl (C=O) groups is 2. The van der Waals surface area contributed by atoms with Crippen LogP contribution in [0.5, 0.6) is 0 Å². The molecule has 376 valence electrons. The minimum Gasteiger partial charge on any atom is -0.462 e. The molecule has 0 radical (unpaired) electrons. The summed E-state index contributed by atoms with van der Waals surface area (Å²) in [6.07, 6.45) is 77.0. The first kappa shape index (κ1) is 62.6. The van der Waals surface area contributed by atoms with Gasteiger partial charge in [-0.1, -0.05) is 246 Å². The topological polar surface area (TPSA) is 61.8 Å². The molecule has 0 bridgehead atoms. The molecule has 5 heteroatoms. The maximum atomic E-state index is 12.8. The van der Waals surface area contributed by atoms with Crippen molar-refractivity contribution >= 4 is 11.9 Å². The van der Waals surface area contributed by atoms with Crippen LogP contribution in [0, 0.1) is 0 Å². The van der Waals surface area contributed by atoms with E-state index in [0.717, 1.165) is 96.3 Å². The van der Waals surface area contributed by atoms with Gasteiger partial charge in [0.1, 0.15) is 6.61 Å². The Bertz CT molecular complexity index is 1310. The molecule has 0 aromatic heterocycles. The average molecular weight is 915 g/mol. The predicted molar refractivity (Wildman–Crippen MR) is 288 cm³/mol. The first-order chi connectivity index (χ1) is 32.6. The van der Waals surface area contributed by atoms with Crippen molar-refractivity contribution < 1.29 is 23.8 Å². The molecular formula is C61H102O5. The van der Waals surface area contributed by atoms with E-state index in [1.165, 1.54) is 103 Å². The monoisotopic (exact) mass is 915 g/mol. The highest BCUT2D eigenvalue weighted by atomic mass is 16.6. The zero-order chi connectivity index (χ0) is 47.7. The van der Waals surface area contributed by atoms with Gasteiger partial charge in [-0.2, -0.15) is 0 Å². The molecule has 0 saturated carbocycles. The molecule has 0 amide bonds. The SMILES string of the molecule is CC/C=C\C/C=C\C/C=C\C/C=C\C/C=C\CCCCCC(=O)OCC(COCCCCCCCCCCCCCCCCCCCC)OC(=O)CC/C=C\C/C=C\C/C=C\C/C=C\CC. The van der Waals surface area contributed by atoms with E-state index in [0.29, 0.717) is 19.4 Å². The molecule has 0 rings (SSSR count). The third kappa shape index (κ3) is 53.2. The van der Waals surface area contributed by atoms with Crippen molar-refractivity contribution in [2.45, 2.75) is 245 Å². The van der Waals surface area contributed by atoms with Crippen molar-refractivity contribution in [3.63, 3.8) is 0 Å². The van der Waals surface area contributed by atoms with E-state index in [9.17, 15) is 9.59 Å². The number of allylic oxidation sites excluding steroid dienone is 18. The molecule has 0 aliphatic carbocycles. The Kier molecular flexibility index (Phi) is 53.0. The predicted octanol–water partition coefficient (Wildman–Crippen LogP) is 18.8. The normalized spacial score (nSPS) is 13.1. The molecule has 0 fully saturated rings. The summed E-state index contributed by atoms with van der Waals surface area (Å²) in [6, 6.07) is 0. The molecule has 0 aliphatic rings. The van der Waals surface area contributed by atoms with E-state index in [1.54, 1.807) is 0 Å². The molecule has 0 saturated heterocycles. The van der Waals surface area contributed by atoms with Crippen LogP contribution in [0.2, 0.25) is 0 Å². The molecule has 0 aromatic rings. The van der Waals surface area contributed by atoms with Gasteiger partial charge in [-0.25, -0.2) is 0 Å². The number of unbranched alkanes of at least 4 members (excludes halogenated alkanes) is 20. The molecule has 66 heavy (non-hydrogen) atoms. The van der Waals surface area contributed by atoms with Crippen LogP contribution in [0.25, 0.3) is 0 Å². The van der Waals surface area contributed by atoms with Gasteiger partial charge in [0.2, 0.25) is 0 Å². The van der Waals surface area contributed by atoms with Crippen LogP contribution in [0.15, 0.2) is 109 Å². The van der Waals surface area contributed by atoms with Gasteiger partial charge >= 0.3 is 11.9 Å². The summed E-state index contributed by atoms with van der Waals surface area (Å²) >= 11 is 0. The van der Waals surface area contributed by atoms with E-state index in [4.69, 9.17) is 14.2 Å². The van der Waals surface area contributed by atoms with Gasteiger partial charge in [-0.15, -0.1) is 0 Å². The number of esters is 2. The molecule has 0 heterocycles. The van der Waals surface area contributed by atoms with Crippen LogP contribution in [0.3, 0.4) is 0 Å². The fourth-order valence-corrected chi connectivity index (χ4v) is 7.32. The summed E-state index contributed by atoms with van der Waals surface area (Å²) in [5.74, 6) is -0.528. The maximum Gasteiger partial charge on any atom is 0.306 e. The van der Waals surface area contributed by atoms with Crippen LogP contribution in [-0.4, -0.2) is 37.9 Å². The smallest absolute Gasteiger partial charge is 0.306 e. The van der Waals surface area contributed by atoms with Gasteiger partial charge in [-0.05, 0) is 89.9 Å². The summed E-state index contributed by atoms with van der Waals surface area (Å²) in [4.78, 5) is 25.4. The van der Waals surface area contributed by atoms with Gasteiger partial charge < -0.3 is 14.2 Å². The zero-order valence-corrected chi connectivity index (χ0v) is 43.2. The Labute approximate surface area is 408 Å². The number of hydrogen-bond donors (Lipinski definition) is 0. The van der Waals surface area contributed by atoms with E-state index in [2.05, 4.69) is 124 Å². The number of hydrogen-bond acceptors (Lipinski definition) is 5. The highest BCUT2D eigenvalue weighted by Gasteiger charge is 2.17. The summed E-state index contributed by atoms with van der Waals surface area (Å²) in [5.41, 5.74) is 0. The van der Waals surface area contributed by atoms with Crippen molar-refractivity contribution in [2.75, 3.05) is 19.8 Å². The fraction of sp³-hybridized carbons (Fsp3) is 0.672. The number of ether oxygens (including phenoxy) is 3. The summed E-state index contributed by atoms with van der Waals surface area (Å²) in [6.45, 7) is 7.50. The van der Waals surface area contributed by atoms with Gasteiger partial charge in [0.15, 0.2) is 6.10 Å². The van der Waals surface area contributed by atoms with E-state index >= 15 is 0 Å². The summed E-state index contributed by atoms with van der Waals surface area (Å²) in [7, 11) is 0.